The van der Waals surface area contributed by atoms with Crippen LogP contribution in [0, 0.1) is 29.1 Å². The van der Waals surface area contributed by atoms with Crippen LogP contribution < -0.4 is 0 Å². The van der Waals surface area contributed by atoms with Crippen molar-refractivity contribution in [3.63, 3.8) is 0 Å². The lowest BCUT2D eigenvalue weighted by molar-refractivity contribution is -0.195. The molecule has 3 aliphatic carbocycles. The lowest BCUT2D eigenvalue weighted by atomic mass is 9.48. The van der Waals surface area contributed by atoms with Crippen LogP contribution in [-0.4, -0.2) is 41.6 Å². The van der Waals surface area contributed by atoms with Gasteiger partial charge in [0.15, 0.2) is 0 Å². The molecule has 0 amide bonds. The molecule has 0 radical (unpaired) electrons. The molecule has 168 valence electrons. The van der Waals surface area contributed by atoms with Gasteiger partial charge < -0.3 is 19.0 Å². The van der Waals surface area contributed by atoms with Gasteiger partial charge in [-0.15, -0.1) is 0 Å². The molecule has 1 saturated heterocycles. The summed E-state index contributed by atoms with van der Waals surface area (Å²) in [6, 6.07) is 1.94. The second-order valence-electron chi connectivity index (χ2n) is 10.1. The Morgan fingerprint density at radius 3 is 2.65 bits per heavy atom. The summed E-state index contributed by atoms with van der Waals surface area (Å²) in [5.74, 6) is -2.41. The molecule has 1 aromatic heterocycles. The van der Waals surface area contributed by atoms with Gasteiger partial charge in [-0.05, 0) is 55.6 Å². The fraction of sp³-hybridized carbons (Fsp3) is 0.708. The highest BCUT2D eigenvalue weighted by molar-refractivity contribution is 5.87. The van der Waals surface area contributed by atoms with Crippen molar-refractivity contribution in [3.8, 4) is 0 Å². The number of cyclic esters (lactones) is 1. The minimum absolute atomic E-state index is 0.0145. The maximum atomic E-state index is 13.5. The Morgan fingerprint density at radius 2 is 2.00 bits per heavy atom. The van der Waals surface area contributed by atoms with Crippen LogP contribution in [0.25, 0.3) is 0 Å². The highest BCUT2D eigenvalue weighted by Gasteiger charge is 2.69. The fourth-order valence-corrected chi connectivity index (χ4v) is 7.56. The molecule has 8 atom stereocenters. The summed E-state index contributed by atoms with van der Waals surface area (Å²) < 4.78 is 15.9. The number of esters is 2. The summed E-state index contributed by atoms with van der Waals surface area (Å²) in [6.07, 6.45) is 6.56. The van der Waals surface area contributed by atoms with Crippen LogP contribution in [0.4, 0.5) is 0 Å². The van der Waals surface area contributed by atoms with Crippen LogP contribution in [0.5, 0.6) is 0 Å². The molecule has 2 heterocycles. The van der Waals surface area contributed by atoms with Gasteiger partial charge in [-0.2, -0.15) is 0 Å². The van der Waals surface area contributed by atoms with Crippen molar-refractivity contribution >= 4 is 17.7 Å². The normalized spacial score (nSPS) is 44.5. The molecular formula is C24H30O7. The number of Topliss-reactive ketones (excluding diaryl/α,β-unsaturated/α-hetero) is 1. The van der Waals surface area contributed by atoms with Crippen molar-refractivity contribution in [2.75, 3.05) is 7.11 Å². The standard InChI is InChI=1S/C24H30O7/c1-23-8-5-14-20(22(27)29-2)15(18-3-4-19(26)31-18)11-17(25)21(14)24(23,28)9-6-16(23)13-7-10-30-12-13/h7,10,12,14-16,18,20-21,28H,3-6,8-9,11H2,1-2H3/t14-,15-,16-,18+,20+,21+,23-,24+/m1/s1. The number of ether oxygens (including phenoxy) is 2. The van der Waals surface area contributed by atoms with Gasteiger partial charge in [-0.1, -0.05) is 6.92 Å². The van der Waals surface area contributed by atoms with E-state index in [1.165, 1.54) is 7.11 Å². The molecule has 4 fully saturated rings. The minimum Gasteiger partial charge on any atom is -0.472 e. The van der Waals surface area contributed by atoms with E-state index in [4.69, 9.17) is 13.9 Å². The molecule has 5 rings (SSSR count). The average molecular weight is 430 g/mol. The van der Waals surface area contributed by atoms with Gasteiger partial charge in [-0.25, -0.2) is 0 Å². The molecule has 1 N–H and O–H groups in total. The number of methoxy groups -OCH3 is 1. The van der Waals surface area contributed by atoms with E-state index in [1.54, 1.807) is 12.5 Å². The van der Waals surface area contributed by atoms with Gasteiger partial charge in [0.05, 0.1) is 37.1 Å². The zero-order valence-corrected chi connectivity index (χ0v) is 18.0. The van der Waals surface area contributed by atoms with Crippen LogP contribution in [0.3, 0.4) is 0 Å². The number of hydrogen-bond acceptors (Lipinski definition) is 7. The van der Waals surface area contributed by atoms with Crippen LogP contribution in [0.15, 0.2) is 23.0 Å². The number of fused-ring (bicyclic) bond motifs is 3. The lowest BCUT2D eigenvalue weighted by Crippen LogP contribution is -2.63. The van der Waals surface area contributed by atoms with Crippen LogP contribution >= 0.6 is 0 Å². The SMILES string of the molecule is COC(=O)[C@H]1[C@H]2CC[C@]3(C)[C@@H](c4ccoc4)CC[C@]3(O)[C@@H]2C(=O)C[C@@H]1[C@@H]1CCC(=O)O1. The molecular weight excluding hydrogens is 400 g/mol. The molecule has 7 nitrogen and oxygen atoms in total. The maximum absolute atomic E-state index is 13.5. The molecule has 0 unspecified atom stereocenters. The molecule has 0 aromatic carbocycles. The van der Waals surface area contributed by atoms with Crippen LogP contribution in [0.2, 0.25) is 0 Å². The predicted molar refractivity (Wildman–Crippen MR) is 108 cm³/mol. The topological polar surface area (TPSA) is 103 Å². The van der Waals surface area contributed by atoms with E-state index in [0.717, 1.165) is 12.0 Å². The zero-order valence-electron chi connectivity index (χ0n) is 18.0. The Kier molecular flexibility index (Phi) is 4.81. The largest absolute Gasteiger partial charge is 0.472 e. The number of ketones is 1. The van der Waals surface area contributed by atoms with Crippen molar-refractivity contribution < 1.29 is 33.4 Å². The number of carbonyl (C=O) groups excluding carboxylic acids is 3. The first-order chi connectivity index (χ1) is 14.8. The smallest absolute Gasteiger partial charge is 0.309 e. The Balaban J connectivity index is 1.51. The first kappa shape index (κ1) is 20.7. The first-order valence-corrected chi connectivity index (χ1v) is 11.3. The van der Waals surface area contributed by atoms with E-state index in [1.807, 2.05) is 6.07 Å². The Bertz CT molecular complexity index is 892. The van der Waals surface area contributed by atoms with E-state index in [0.29, 0.717) is 32.1 Å². The van der Waals surface area contributed by atoms with E-state index >= 15 is 0 Å². The highest BCUT2D eigenvalue weighted by atomic mass is 16.6. The van der Waals surface area contributed by atoms with Gasteiger partial charge in [-0.3, -0.25) is 14.4 Å². The monoisotopic (exact) mass is 430 g/mol. The van der Waals surface area contributed by atoms with E-state index < -0.39 is 29.0 Å². The molecule has 7 heteroatoms. The van der Waals surface area contributed by atoms with Gasteiger partial charge in [0.2, 0.25) is 0 Å². The van der Waals surface area contributed by atoms with Gasteiger partial charge in [0, 0.05) is 24.2 Å². The maximum Gasteiger partial charge on any atom is 0.309 e. The molecule has 31 heavy (non-hydrogen) atoms. The average Bonchev–Trinajstić information content (AvgIpc) is 3.46. The Morgan fingerprint density at radius 1 is 1.19 bits per heavy atom. The molecule has 0 bridgehead atoms. The van der Waals surface area contributed by atoms with Crippen molar-refractivity contribution in [2.24, 2.45) is 29.1 Å². The number of furan rings is 1. The molecule has 1 aromatic rings. The third-order valence-electron chi connectivity index (χ3n) is 9.03. The van der Waals surface area contributed by atoms with E-state index in [2.05, 4.69) is 6.92 Å². The summed E-state index contributed by atoms with van der Waals surface area (Å²) in [5, 5.41) is 12.1. The zero-order chi connectivity index (χ0) is 22.0. The van der Waals surface area contributed by atoms with Crippen LogP contribution in [0.1, 0.15) is 63.4 Å². The third kappa shape index (κ3) is 2.85. The molecule has 4 aliphatic rings. The number of aliphatic hydroxyl groups is 1. The Hall–Kier alpha value is -2.15. The minimum atomic E-state index is -1.18. The van der Waals surface area contributed by atoms with Crippen molar-refractivity contribution in [1.29, 1.82) is 0 Å². The lowest BCUT2D eigenvalue weighted by Gasteiger charge is -2.57. The van der Waals surface area contributed by atoms with Gasteiger partial charge >= 0.3 is 11.9 Å². The van der Waals surface area contributed by atoms with E-state index in [-0.39, 0.29) is 41.9 Å². The van der Waals surface area contributed by atoms with Gasteiger partial charge in [0.1, 0.15) is 11.9 Å². The number of hydrogen-bond donors (Lipinski definition) is 1. The quantitative estimate of drug-likeness (QED) is 0.735. The summed E-state index contributed by atoms with van der Waals surface area (Å²) in [7, 11) is 1.36. The molecule has 3 saturated carbocycles. The van der Waals surface area contributed by atoms with Gasteiger partial charge in [0.25, 0.3) is 0 Å². The van der Waals surface area contributed by atoms with Crippen molar-refractivity contribution in [3.05, 3.63) is 24.2 Å². The second kappa shape index (κ2) is 7.19. The number of carbonyl (C=O) groups is 3. The Labute approximate surface area is 181 Å². The summed E-state index contributed by atoms with van der Waals surface area (Å²) in [5.41, 5.74) is -0.597. The fourth-order valence-electron chi connectivity index (χ4n) is 7.56. The molecule has 1 aliphatic heterocycles. The molecule has 0 spiro atoms. The highest BCUT2D eigenvalue weighted by Crippen LogP contribution is 2.67. The second-order valence-corrected chi connectivity index (χ2v) is 10.1. The van der Waals surface area contributed by atoms with E-state index in [9.17, 15) is 19.5 Å². The predicted octanol–water partition coefficient (Wildman–Crippen LogP) is 3.00. The third-order valence-corrected chi connectivity index (χ3v) is 9.03. The van der Waals surface area contributed by atoms with Crippen molar-refractivity contribution in [1.82, 2.24) is 0 Å². The van der Waals surface area contributed by atoms with Crippen molar-refractivity contribution in [2.45, 2.75) is 69.5 Å². The summed E-state index contributed by atoms with van der Waals surface area (Å²) in [6.45, 7) is 2.08. The first-order valence-electron chi connectivity index (χ1n) is 11.3. The van der Waals surface area contributed by atoms with Crippen LogP contribution in [-0.2, 0) is 23.9 Å². The summed E-state index contributed by atoms with van der Waals surface area (Å²) >= 11 is 0. The number of rotatable bonds is 3. The summed E-state index contributed by atoms with van der Waals surface area (Å²) in [4.78, 5) is 38.2.